The lowest BCUT2D eigenvalue weighted by atomic mass is 9.99. The van der Waals surface area contributed by atoms with Crippen LogP contribution >= 0.6 is 0 Å². The molecule has 1 aliphatic carbocycles. The van der Waals surface area contributed by atoms with Crippen LogP contribution in [-0.4, -0.2) is 62.2 Å². The molecule has 7 nitrogen and oxygen atoms in total. The van der Waals surface area contributed by atoms with Crippen molar-refractivity contribution in [1.29, 1.82) is 0 Å². The Kier molecular flexibility index (Phi) is 8.05. The molecule has 194 valence electrons. The Morgan fingerprint density at radius 1 is 0.972 bits per heavy atom. The SMILES string of the molecule is O=C(CCC1CCCC1)N1CCc2c(c(C(=O)N3CCC(O)CC3)nn2CCCc2ccccc2)C1. The Bertz CT molecular complexity index is 1040. The van der Waals surface area contributed by atoms with Gasteiger partial charge in [0.2, 0.25) is 5.91 Å². The molecular weight excluding hydrogens is 452 g/mol. The number of aliphatic hydroxyl groups is 1. The Balaban J connectivity index is 1.30. The van der Waals surface area contributed by atoms with E-state index < -0.39 is 0 Å². The number of likely N-dealkylation sites (tertiary alicyclic amines) is 1. The third-order valence-electron chi connectivity index (χ3n) is 8.36. The van der Waals surface area contributed by atoms with Gasteiger partial charge in [0.05, 0.1) is 6.10 Å². The number of piperidine rings is 1. The number of aromatic nitrogens is 2. The van der Waals surface area contributed by atoms with Crippen LogP contribution in [-0.2, 0) is 30.7 Å². The zero-order valence-electron chi connectivity index (χ0n) is 21.4. The molecule has 2 aliphatic heterocycles. The minimum absolute atomic E-state index is 0.0554. The Morgan fingerprint density at radius 2 is 1.72 bits per heavy atom. The van der Waals surface area contributed by atoms with Crippen molar-refractivity contribution < 1.29 is 14.7 Å². The van der Waals surface area contributed by atoms with Gasteiger partial charge in [0.25, 0.3) is 5.91 Å². The van der Waals surface area contributed by atoms with E-state index in [4.69, 9.17) is 5.10 Å². The van der Waals surface area contributed by atoms with Gasteiger partial charge in [-0.3, -0.25) is 14.3 Å². The highest BCUT2D eigenvalue weighted by atomic mass is 16.3. The van der Waals surface area contributed by atoms with Crippen molar-refractivity contribution in [3.63, 3.8) is 0 Å². The predicted octanol–water partition coefficient (Wildman–Crippen LogP) is 3.97. The number of nitrogens with zero attached hydrogens (tertiary/aromatic N) is 4. The Morgan fingerprint density at radius 3 is 2.47 bits per heavy atom. The third-order valence-corrected chi connectivity index (χ3v) is 8.36. The van der Waals surface area contributed by atoms with Crippen molar-refractivity contribution in [3.05, 3.63) is 52.8 Å². The molecule has 1 saturated heterocycles. The number of hydrogen-bond donors (Lipinski definition) is 1. The lowest BCUT2D eigenvalue weighted by Crippen LogP contribution is -2.41. The van der Waals surface area contributed by atoms with Crippen molar-refractivity contribution in [2.75, 3.05) is 19.6 Å². The van der Waals surface area contributed by atoms with Crippen molar-refractivity contribution >= 4 is 11.8 Å². The van der Waals surface area contributed by atoms with E-state index in [1.54, 1.807) is 0 Å². The quantitative estimate of drug-likeness (QED) is 0.605. The first-order chi connectivity index (χ1) is 17.6. The molecule has 0 atom stereocenters. The number of aryl methyl sites for hydroxylation is 2. The number of aliphatic hydroxyl groups excluding tert-OH is 1. The van der Waals surface area contributed by atoms with Crippen molar-refractivity contribution in [3.8, 4) is 0 Å². The van der Waals surface area contributed by atoms with Crippen LogP contribution in [0.5, 0.6) is 0 Å². The number of rotatable bonds is 8. The van der Waals surface area contributed by atoms with E-state index in [2.05, 4.69) is 24.3 Å². The van der Waals surface area contributed by atoms with Crippen LogP contribution in [0.25, 0.3) is 0 Å². The number of carbonyl (C=O) groups is 2. The molecule has 7 heteroatoms. The number of benzene rings is 1. The summed E-state index contributed by atoms with van der Waals surface area (Å²) in [6.45, 7) is 3.05. The molecule has 0 spiro atoms. The molecule has 0 radical (unpaired) electrons. The van der Waals surface area contributed by atoms with Crippen molar-refractivity contribution in [1.82, 2.24) is 19.6 Å². The second-order valence-corrected chi connectivity index (χ2v) is 10.9. The van der Waals surface area contributed by atoms with E-state index in [-0.39, 0.29) is 17.9 Å². The first-order valence-electron chi connectivity index (χ1n) is 14.0. The molecule has 1 saturated carbocycles. The summed E-state index contributed by atoms with van der Waals surface area (Å²) in [5.41, 5.74) is 3.87. The van der Waals surface area contributed by atoms with Gasteiger partial charge in [-0.2, -0.15) is 5.10 Å². The molecule has 1 N–H and O–H groups in total. The molecule has 1 aromatic heterocycles. The Hall–Kier alpha value is -2.67. The second-order valence-electron chi connectivity index (χ2n) is 10.9. The first kappa shape index (κ1) is 25.0. The summed E-state index contributed by atoms with van der Waals surface area (Å²) >= 11 is 0. The summed E-state index contributed by atoms with van der Waals surface area (Å²) in [5, 5.41) is 14.7. The van der Waals surface area contributed by atoms with Crippen LogP contribution in [0.2, 0.25) is 0 Å². The normalized spacial score (nSPS) is 19.0. The molecule has 1 aromatic carbocycles. The van der Waals surface area contributed by atoms with Gasteiger partial charge in [0.1, 0.15) is 0 Å². The number of hydrogen-bond acceptors (Lipinski definition) is 4. The van der Waals surface area contributed by atoms with E-state index in [0.29, 0.717) is 57.1 Å². The fourth-order valence-corrected chi connectivity index (χ4v) is 6.14. The van der Waals surface area contributed by atoms with Gasteiger partial charge in [0, 0.05) is 56.8 Å². The molecule has 3 aliphatic rings. The van der Waals surface area contributed by atoms with E-state index in [1.807, 2.05) is 20.5 Å². The van der Waals surface area contributed by atoms with Crippen molar-refractivity contribution in [2.45, 2.75) is 89.8 Å². The van der Waals surface area contributed by atoms with Crippen LogP contribution in [0.3, 0.4) is 0 Å². The van der Waals surface area contributed by atoms with Gasteiger partial charge in [-0.05, 0) is 43.6 Å². The summed E-state index contributed by atoms with van der Waals surface area (Å²) in [7, 11) is 0. The molecule has 3 heterocycles. The highest BCUT2D eigenvalue weighted by Gasteiger charge is 2.33. The van der Waals surface area contributed by atoms with Gasteiger partial charge in [-0.15, -0.1) is 0 Å². The van der Waals surface area contributed by atoms with E-state index in [9.17, 15) is 14.7 Å². The summed E-state index contributed by atoms with van der Waals surface area (Å²) < 4.78 is 2.03. The maximum Gasteiger partial charge on any atom is 0.274 e. The first-order valence-corrected chi connectivity index (χ1v) is 14.0. The molecule has 0 unspecified atom stereocenters. The Labute approximate surface area is 214 Å². The van der Waals surface area contributed by atoms with E-state index >= 15 is 0 Å². The van der Waals surface area contributed by atoms with Gasteiger partial charge >= 0.3 is 0 Å². The predicted molar refractivity (Wildman–Crippen MR) is 138 cm³/mol. The minimum atomic E-state index is -0.327. The van der Waals surface area contributed by atoms with Gasteiger partial charge in [0.15, 0.2) is 5.69 Å². The lowest BCUT2D eigenvalue weighted by Gasteiger charge is -2.31. The number of amides is 2. The largest absolute Gasteiger partial charge is 0.393 e. The van der Waals surface area contributed by atoms with Crippen LogP contribution in [0.1, 0.15) is 85.1 Å². The average Bonchev–Trinajstić information content (AvgIpc) is 3.56. The van der Waals surface area contributed by atoms with Gasteiger partial charge < -0.3 is 14.9 Å². The monoisotopic (exact) mass is 492 g/mol. The van der Waals surface area contributed by atoms with E-state index in [0.717, 1.165) is 43.5 Å². The molecule has 5 rings (SSSR count). The topological polar surface area (TPSA) is 78.7 Å². The van der Waals surface area contributed by atoms with Crippen LogP contribution < -0.4 is 0 Å². The molecule has 2 amide bonds. The zero-order chi connectivity index (χ0) is 24.9. The minimum Gasteiger partial charge on any atom is -0.393 e. The fourth-order valence-electron chi connectivity index (χ4n) is 6.14. The summed E-state index contributed by atoms with van der Waals surface area (Å²) in [6, 6.07) is 10.5. The zero-order valence-corrected chi connectivity index (χ0v) is 21.4. The third kappa shape index (κ3) is 5.83. The van der Waals surface area contributed by atoms with Gasteiger partial charge in [-0.1, -0.05) is 56.0 Å². The molecule has 0 bridgehead atoms. The van der Waals surface area contributed by atoms with Gasteiger partial charge in [-0.25, -0.2) is 0 Å². The summed E-state index contributed by atoms with van der Waals surface area (Å²) in [5.74, 6) is 0.859. The number of fused-ring (bicyclic) bond motifs is 1. The highest BCUT2D eigenvalue weighted by molar-refractivity contribution is 5.94. The second kappa shape index (κ2) is 11.6. The van der Waals surface area contributed by atoms with E-state index in [1.165, 1.54) is 31.2 Å². The highest BCUT2D eigenvalue weighted by Crippen LogP contribution is 2.30. The number of carbonyl (C=O) groups excluding carboxylic acids is 2. The van der Waals surface area contributed by atoms with Crippen molar-refractivity contribution in [2.24, 2.45) is 5.92 Å². The fraction of sp³-hybridized carbons (Fsp3) is 0.621. The maximum absolute atomic E-state index is 13.5. The maximum atomic E-state index is 13.5. The molecule has 2 aromatic rings. The van der Waals surface area contributed by atoms with Crippen LogP contribution in [0.4, 0.5) is 0 Å². The smallest absolute Gasteiger partial charge is 0.274 e. The summed E-state index contributed by atoms with van der Waals surface area (Å²) in [6.07, 6.45) is 10.3. The molecule has 36 heavy (non-hydrogen) atoms. The molecular formula is C29H40N4O3. The lowest BCUT2D eigenvalue weighted by molar-refractivity contribution is -0.132. The molecule has 2 fully saturated rings. The average molecular weight is 493 g/mol. The summed E-state index contributed by atoms with van der Waals surface area (Å²) in [4.78, 5) is 30.4. The standard InChI is InChI=1S/C29H40N4O3/c34-24-14-18-31(19-15-24)29(36)28-25-21-32(27(35)13-12-23-9-4-5-10-23)20-16-26(25)33(30-28)17-6-11-22-7-2-1-3-8-22/h1-3,7-8,23-24,34H,4-6,9-21H2. The van der Waals surface area contributed by atoms with Crippen LogP contribution in [0, 0.1) is 5.92 Å². The van der Waals surface area contributed by atoms with Crippen LogP contribution in [0.15, 0.2) is 30.3 Å².